The topological polar surface area (TPSA) is 130 Å². The molecule has 14 heteroatoms. The second kappa shape index (κ2) is 11.6. The van der Waals surface area contributed by atoms with Crippen molar-refractivity contribution < 1.29 is 36.6 Å². The normalized spacial score (nSPS) is 17.9. The largest absolute Gasteiger partial charge is 0.490 e. The van der Waals surface area contributed by atoms with Crippen LogP contribution in [0.3, 0.4) is 0 Å². The zero-order chi connectivity index (χ0) is 26.5. The van der Waals surface area contributed by atoms with E-state index >= 15 is 0 Å². The van der Waals surface area contributed by atoms with E-state index < -0.39 is 24.5 Å². The molecule has 2 aromatic heterocycles. The van der Waals surface area contributed by atoms with Crippen LogP contribution in [0.5, 0.6) is 0 Å². The van der Waals surface area contributed by atoms with Crippen LogP contribution < -0.4 is 16.4 Å². The third-order valence-corrected chi connectivity index (χ3v) is 6.24. The second-order valence-corrected chi connectivity index (χ2v) is 8.76. The summed E-state index contributed by atoms with van der Waals surface area (Å²) < 4.78 is 58.1. The average molecular weight is 532 g/mol. The lowest BCUT2D eigenvalue weighted by Crippen LogP contribution is -2.42. The van der Waals surface area contributed by atoms with Gasteiger partial charge in [-0.2, -0.15) is 13.2 Å². The molecule has 3 aromatic rings. The summed E-state index contributed by atoms with van der Waals surface area (Å²) in [6, 6.07) is 6.03. The summed E-state index contributed by atoms with van der Waals surface area (Å²) in [5.74, 6) is -2.70. The Morgan fingerprint density at radius 1 is 1.17 bits per heavy atom. The number of nitrogens with one attached hydrogen (secondary N) is 2. The van der Waals surface area contributed by atoms with Gasteiger partial charge in [0.15, 0.2) is 0 Å². The van der Waals surface area contributed by atoms with E-state index in [-0.39, 0.29) is 23.3 Å². The maximum Gasteiger partial charge on any atom is 0.490 e. The minimum absolute atomic E-state index is 0.0531. The number of para-hydroxylation sites is 1. The van der Waals surface area contributed by atoms with Crippen molar-refractivity contribution in [3.63, 3.8) is 0 Å². The highest BCUT2D eigenvalue weighted by Gasteiger charge is 2.38. The molecule has 2 heterocycles. The molecule has 4 rings (SSSR count). The number of benzene rings is 1. The van der Waals surface area contributed by atoms with E-state index in [1.54, 1.807) is 17.6 Å². The van der Waals surface area contributed by atoms with Crippen molar-refractivity contribution in [1.82, 2.24) is 9.97 Å². The summed E-state index contributed by atoms with van der Waals surface area (Å²) in [5, 5.41) is 14.7. The van der Waals surface area contributed by atoms with Crippen molar-refractivity contribution in [1.29, 1.82) is 0 Å². The molecule has 0 bridgehead atoms. The summed E-state index contributed by atoms with van der Waals surface area (Å²) in [7, 11) is 0. The van der Waals surface area contributed by atoms with Crippen LogP contribution in [0, 0.1) is 0 Å². The predicted octanol–water partition coefficient (Wildman–Crippen LogP) is 5.20. The van der Waals surface area contributed by atoms with Crippen molar-refractivity contribution in [3.05, 3.63) is 47.0 Å². The molecule has 194 valence electrons. The average Bonchev–Trinajstić information content (AvgIpc) is 3.24. The Kier molecular flexibility index (Phi) is 8.74. The number of aromatic nitrogens is 2. The first-order valence-corrected chi connectivity index (χ1v) is 11.6. The van der Waals surface area contributed by atoms with Gasteiger partial charge in [0.05, 0.1) is 11.8 Å². The zero-order valence-corrected chi connectivity index (χ0v) is 19.4. The fraction of sp³-hybridized carbons (Fsp3) is 0.364. The van der Waals surface area contributed by atoms with Gasteiger partial charge < -0.3 is 21.5 Å². The molecule has 1 saturated carbocycles. The van der Waals surface area contributed by atoms with Gasteiger partial charge in [0.1, 0.15) is 16.2 Å². The number of aliphatic carboxylic acids is 1. The van der Waals surface area contributed by atoms with E-state index in [1.165, 1.54) is 29.5 Å². The van der Waals surface area contributed by atoms with Gasteiger partial charge in [0, 0.05) is 28.7 Å². The zero-order valence-electron chi connectivity index (χ0n) is 18.6. The number of alkyl halides is 5. The monoisotopic (exact) mass is 531 g/mol. The standard InChI is InChI=1S/C20H21F2N5OS.C2HF3O2/c21-18(22)11-5-1-3-7-14(11)26-19(28)12-10-29-20-17(12)27-16(9-24-20)25-15-8-4-2-6-13(15)23;3-2(4,5)1(6)7/h1,3,5,7,9-10,13,15,18H,2,4,6,8,23H2,(H,25,27)(H,26,28);(H,6,7)/t13-,15+;/m0./s1. The maximum atomic E-state index is 13.2. The van der Waals surface area contributed by atoms with Crippen LogP contribution in [-0.4, -0.2) is 45.2 Å². The molecular weight excluding hydrogens is 509 g/mol. The van der Waals surface area contributed by atoms with E-state index in [9.17, 15) is 26.7 Å². The molecule has 0 aliphatic heterocycles. The van der Waals surface area contributed by atoms with Crippen LogP contribution in [0.1, 0.15) is 48.0 Å². The molecule has 0 spiro atoms. The summed E-state index contributed by atoms with van der Waals surface area (Å²) in [4.78, 5) is 31.2. The van der Waals surface area contributed by atoms with Crippen molar-refractivity contribution >= 4 is 45.1 Å². The van der Waals surface area contributed by atoms with Gasteiger partial charge in [-0.15, -0.1) is 11.3 Å². The maximum absolute atomic E-state index is 13.2. The number of carbonyl (C=O) groups excluding carboxylic acids is 1. The summed E-state index contributed by atoms with van der Waals surface area (Å²) in [5.41, 5.74) is 6.80. The SMILES string of the molecule is N[C@H]1CCCC[C@H]1Nc1cnc2scc(C(=O)Nc3ccccc3C(F)F)c2n1.O=C(O)C(F)(F)F. The summed E-state index contributed by atoms with van der Waals surface area (Å²) in [6.45, 7) is 0. The fourth-order valence-corrected chi connectivity index (χ4v) is 4.39. The number of hydrogen-bond acceptors (Lipinski definition) is 7. The molecular formula is C22H22F5N5O3S. The molecule has 1 aliphatic carbocycles. The van der Waals surface area contributed by atoms with Gasteiger partial charge in [0.2, 0.25) is 0 Å². The Morgan fingerprint density at radius 2 is 1.83 bits per heavy atom. The number of halogens is 5. The van der Waals surface area contributed by atoms with Crippen molar-refractivity contribution in [2.24, 2.45) is 5.73 Å². The number of hydrogen-bond donors (Lipinski definition) is 4. The van der Waals surface area contributed by atoms with E-state index in [1.807, 2.05) is 0 Å². The summed E-state index contributed by atoms with van der Waals surface area (Å²) in [6.07, 6.45) is -1.98. The third kappa shape index (κ3) is 6.85. The number of carboxylic acid groups (broad SMARTS) is 1. The third-order valence-electron chi connectivity index (χ3n) is 5.37. The number of carbonyl (C=O) groups is 2. The highest BCUT2D eigenvalue weighted by Crippen LogP contribution is 2.29. The van der Waals surface area contributed by atoms with Crippen LogP contribution in [-0.2, 0) is 4.79 Å². The van der Waals surface area contributed by atoms with Crippen molar-refractivity contribution in [3.8, 4) is 0 Å². The van der Waals surface area contributed by atoms with Crippen LogP contribution in [0.15, 0.2) is 35.8 Å². The molecule has 0 unspecified atom stereocenters. The lowest BCUT2D eigenvalue weighted by molar-refractivity contribution is -0.192. The van der Waals surface area contributed by atoms with Crippen molar-refractivity contribution in [2.75, 3.05) is 10.6 Å². The second-order valence-electron chi connectivity index (χ2n) is 7.90. The molecule has 8 nitrogen and oxygen atoms in total. The Labute approximate surface area is 205 Å². The Balaban J connectivity index is 0.000000454. The molecule has 1 fully saturated rings. The number of fused-ring (bicyclic) bond motifs is 1. The molecule has 0 radical (unpaired) electrons. The number of thiophene rings is 1. The van der Waals surface area contributed by atoms with E-state index in [0.29, 0.717) is 21.7 Å². The molecule has 36 heavy (non-hydrogen) atoms. The highest BCUT2D eigenvalue weighted by atomic mass is 32.1. The van der Waals surface area contributed by atoms with Crippen LogP contribution in [0.4, 0.5) is 33.5 Å². The van der Waals surface area contributed by atoms with Crippen LogP contribution in [0.2, 0.25) is 0 Å². The number of nitrogens with zero attached hydrogens (tertiary/aromatic N) is 2. The molecule has 1 amide bonds. The van der Waals surface area contributed by atoms with Gasteiger partial charge in [-0.1, -0.05) is 31.0 Å². The molecule has 0 saturated heterocycles. The Bertz CT molecular complexity index is 1220. The lowest BCUT2D eigenvalue weighted by atomic mass is 9.91. The predicted molar refractivity (Wildman–Crippen MR) is 124 cm³/mol. The first-order chi connectivity index (χ1) is 17.0. The van der Waals surface area contributed by atoms with Gasteiger partial charge >= 0.3 is 12.1 Å². The van der Waals surface area contributed by atoms with E-state index in [0.717, 1.165) is 25.7 Å². The van der Waals surface area contributed by atoms with Gasteiger partial charge in [0.25, 0.3) is 12.3 Å². The Hall–Kier alpha value is -3.39. The molecule has 1 aliphatic rings. The molecule has 1 aromatic carbocycles. The van der Waals surface area contributed by atoms with Gasteiger partial charge in [-0.05, 0) is 18.9 Å². The van der Waals surface area contributed by atoms with E-state index in [2.05, 4.69) is 20.6 Å². The quantitative estimate of drug-likeness (QED) is 0.333. The van der Waals surface area contributed by atoms with E-state index in [4.69, 9.17) is 15.6 Å². The number of anilines is 2. The van der Waals surface area contributed by atoms with Crippen LogP contribution in [0.25, 0.3) is 10.3 Å². The smallest absolute Gasteiger partial charge is 0.475 e. The molecule has 2 atom stereocenters. The lowest BCUT2D eigenvalue weighted by Gasteiger charge is -2.29. The summed E-state index contributed by atoms with van der Waals surface area (Å²) >= 11 is 1.28. The fourth-order valence-electron chi connectivity index (χ4n) is 3.56. The minimum atomic E-state index is -5.08. The minimum Gasteiger partial charge on any atom is -0.475 e. The number of nitrogens with two attached hydrogens (primary N) is 1. The van der Waals surface area contributed by atoms with Gasteiger partial charge in [-0.25, -0.2) is 23.5 Å². The number of rotatable bonds is 5. The number of carboxylic acids is 1. The molecule has 5 N–H and O–H groups in total. The Morgan fingerprint density at radius 3 is 2.47 bits per heavy atom. The van der Waals surface area contributed by atoms with Gasteiger partial charge in [-0.3, -0.25) is 4.79 Å². The van der Waals surface area contributed by atoms with Crippen molar-refractivity contribution in [2.45, 2.75) is 50.4 Å². The van der Waals surface area contributed by atoms with Crippen LogP contribution >= 0.6 is 11.3 Å². The first kappa shape index (κ1) is 27.2. The highest BCUT2D eigenvalue weighted by molar-refractivity contribution is 7.17. The number of amides is 1. The first-order valence-electron chi connectivity index (χ1n) is 10.7.